The molecule has 0 amide bonds. The maximum absolute atomic E-state index is 10.3. The molecule has 70 valence electrons. The molecule has 0 aromatic heterocycles. The Balaban J connectivity index is 2.64. The zero-order chi connectivity index (χ0) is 9.84. The van der Waals surface area contributed by atoms with Gasteiger partial charge in [0.1, 0.15) is 17.6 Å². The largest absolute Gasteiger partial charge is 0.546 e. The molecule has 0 spiro atoms. The van der Waals surface area contributed by atoms with E-state index in [0.29, 0.717) is 5.75 Å². The van der Waals surface area contributed by atoms with E-state index in [1.165, 1.54) is 31.2 Å². The van der Waals surface area contributed by atoms with E-state index in [4.69, 9.17) is 9.84 Å². The number of aliphatic carboxylic acids is 1. The first-order valence-corrected chi connectivity index (χ1v) is 3.76. The monoisotopic (exact) mass is 181 g/mol. The molecule has 0 unspecified atom stereocenters. The van der Waals surface area contributed by atoms with Crippen molar-refractivity contribution >= 4 is 5.97 Å². The highest BCUT2D eigenvalue weighted by Gasteiger charge is 2.03. The van der Waals surface area contributed by atoms with Gasteiger partial charge in [-0.2, -0.15) is 0 Å². The van der Waals surface area contributed by atoms with Gasteiger partial charge < -0.3 is 19.7 Å². The van der Waals surface area contributed by atoms with Gasteiger partial charge in [0, 0.05) is 0 Å². The number of phenols is 1. The van der Waals surface area contributed by atoms with Gasteiger partial charge in [-0.15, -0.1) is 0 Å². The molecule has 0 aliphatic carbocycles. The summed E-state index contributed by atoms with van der Waals surface area (Å²) >= 11 is 0. The van der Waals surface area contributed by atoms with Gasteiger partial charge in [0.2, 0.25) is 0 Å². The van der Waals surface area contributed by atoms with Crippen molar-refractivity contribution in [3.63, 3.8) is 0 Å². The number of benzene rings is 1. The van der Waals surface area contributed by atoms with Crippen molar-refractivity contribution in [1.29, 1.82) is 0 Å². The second-order valence-corrected chi connectivity index (χ2v) is 2.57. The molecule has 0 bridgehead atoms. The number of carbonyl (C=O) groups is 1. The summed E-state index contributed by atoms with van der Waals surface area (Å²) in [7, 11) is 0. The molecule has 0 aliphatic heterocycles. The number of carbonyl (C=O) groups excluding carboxylic acids is 1. The molecule has 0 saturated heterocycles. The average molecular weight is 181 g/mol. The number of phenolic OH excluding ortho intramolecular Hbond substituents is 1. The van der Waals surface area contributed by atoms with E-state index in [-0.39, 0.29) is 5.75 Å². The Morgan fingerprint density at radius 2 is 2.00 bits per heavy atom. The fraction of sp³-hybridized carbons (Fsp3) is 0.222. The van der Waals surface area contributed by atoms with Gasteiger partial charge in [-0.25, -0.2) is 0 Å². The molecule has 1 aromatic rings. The molecule has 1 rings (SSSR count). The van der Waals surface area contributed by atoms with E-state index in [1.807, 2.05) is 0 Å². The van der Waals surface area contributed by atoms with Crippen LogP contribution in [0.1, 0.15) is 6.92 Å². The highest BCUT2D eigenvalue weighted by atomic mass is 16.5. The van der Waals surface area contributed by atoms with Gasteiger partial charge in [0.05, 0.1) is 5.97 Å². The number of aromatic hydroxyl groups is 1. The third-order valence-electron chi connectivity index (χ3n) is 1.48. The van der Waals surface area contributed by atoms with Gasteiger partial charge in [-0.1, -0.05) is 0 Å². The molecule has 4 nitrogen and oxygen atoms in total. The fourth-order valence-electron chi connectivity index (χ4n) is 0.777. The zero-order valence-corrected chi connectivity index (χ0v) is 7.06. The number of ether oxygens (including phenoxy) is 1. The summed E-state index contributed by atoms with van der Waals surface area (Å²) in [6.45, 7) is 1.38. The maximum atomic E-state index is 10.3. The Kier molecular flexibility index (Phi) is 2.74. The van der Waals surface area contributed by atoms with Crippen molar-refractivity contribution in [2.75, 3.05) is 0 Å². The van der Waals surface area contributed by atoms with Gasteiger partial charge in [0.15, 0.2) is 0 Å². The Labute approximate surface area is 75.4 Å². The molecule has 13 heavy (non-hydrogen) atoms. The molecular weight excluding hydrogens is 172 g/mol. The number of carboxylic acid groups (broad SMARTS) is 1. The minimum atomic E-state index is -1.27. The molecule has 0 fully saturated rings. The van der Waals surface area contributed by atoms with Crippen LogP contribution in [0.15, 0.2) is 24.3 Å². The van der Waals surface area contributed by atoms with Crippen molar-refractivity contribution in [1.82, 2.24) is 0 Å². The predicted octanol–water partition coefficient (Wildman–Crippen LogP) is -0.0906. The maximum Gasteiger partial charge on any atom is 0.135 e. The molecular formula is C9H9O4-. The molecule has 0 saturated carbocycles. The number of hydrogen-bond donors (Lipinski definition) is 1. The van der Waals surface area contributed by atoms with Gasteiger partial charge in [0.25, 0.3) is 0 Å². The topological polar surface area (TPSA) is 69.6 Å². The highest BCUT2D eigenvalue weighted by Crippen LogP contribution is 2.16. The van der Waals surface area contributed by atoms with Crippen LogP contribution in [0.5, 0.6) is 11.5 Å². The van der Waals surface area contributed by atoms with Crippen LogP contribution in [0.4, 0.5) is 0 Å². The number of rotatable bonds is 3. The van der Waals surface area contributed by atoms with Crippen molar-refractivity contribution in [3.05, 3.63) is 24.3 Å². The SMILES string of the molecule is C[C@@H](Oc1ccc(O)cc1)C(=O)[O-]. The van der Waals surface area contributed by atoms with Crippen LogP contribution in [0, 0.1) is 0 Å². The number of carboxylic acids is 1. The lowest BCUT2D eigenvalue weighted by Crippen LogP contribution is -2.37. The van der Waals surface area contributed by atoms with Crippen LogP contribution in [0.2, 0.25) is 0 Å². The summed E-state index contributed by atoms with van der Waals surface area (Å²) in [5, 5.41) is 19.2. The first kappa shape index (κ1) is 9.38. The summed E-state index contributed by atoms with van der Waals surface area (Å²) in [5.74, 6) is -0.781. The predicted molar refractivity (Wildman–Crippen MR) is 43.2 cm³/mol. The van der Waals surface area contributed by atoms with E-state index in [0.717, 1.165) is 0 Å². The van der Waals surface area contributed by atoms with Crippen molar-refractivity contribution in [2.24, 2.45) is 0 Å². The standard InChI is InChI=1S/C9H10O4/c1-6(9(11)12)13-8-4-2-7(10)3-5-8/h2-6,10H,1H3,(H,11,12)/p-1/t6-/m1/s1. The summed E-state index contributed by atoms with van der Waals surface area (Å²) in [6, 6.07) is 5.79. The second-order valence-electron chi connectivity index (χ2n) is 2.57. The summed E-state index contributed by atoms with van der Waals surface area (Å²) < 4.78 is 4.96. The lowest BCUT2D eigenvalue weighted by Gasteiger charge is -2.14. The molecule has 0 heterocycles. The lowest BCUT2D eigenvalue weighted by molar-refractivity contribution is -0.312. The van der Waals surface area contributed by atoms with Crippen LogP contribution in [0.25, 0.3) is 0 Å². The second kappa shape index (κ2) is 3.80. The Bertz CT molecular complexity index is 291. The Hall–Kier alpha value is -1.71. The quantitative estimate of drug-likeness (QED) is 0.707. The average Bonchev–Trinajstić information content (AvgIpc) is 2.08. The van der Waals surface area contributed by atoms with E-state index in [2.05, 4.69) is 0 Å². The van der Waals surface area contributed by atoms with Crippen molar-refractivity contribution in [2.45, 2.75) is 13.0 Å². The normalized spacial score (nSPS) is 12.1. The molecule has 0 radical (unpaired) electrons. The molecule has 0 aliphatic rings. The number of hydrogen-bond acceptors (Lipinski definition) is 4. The Morgan fingerprint density at radius 1 is 1.46 bits per heavy atom. The smallest absolute Gasteiger partial charge is 0.135 e. The van der Waals surface area contributed by atoms with E-state index in [9.17, 15) is 9.90 Å². The van der Waals surface area contributed by atoms with Crippen LogP contribution in [0.3, 0.4) is 0 Å². The first-order chi connectivity index (χ1) is 6.09. The molecule has 4 heteroatoms. The minimum Gasteiger partial charge on any atom is -0.546 e. The third kappa shape index (κ3) is 2.66. The fourth-order valence-corrected chi connectivity index (χ4v) is 0.777. The van der Waals surface area contributed by atoms with Crippen LogP contribution < -0.4 is 9.84 Å². The van der Waals surface area contributed by atoms with E-state index >= 15 is 0 Å². The van der Waals surface area contributed by atoms with E-state index in [1.54, 1.807) is 0 Å². The minimum absolute atomic E-state index is 0.105. The molecule has 1 aromatic carbocycles. The molecule has 1 atom stereocenters. The highest BCUT2D eigenvalue weighted by molar-refractivity contribution is 5.69. The van der Waals surface area contributed by atoms with Crippen LogP contribution in [-0.4, -0.2) is 17.2 Å². The zero-order valence-electron chi connectivity index (χ0n) is 7.06. The summed E-state index contributed by atoms with van der Waals surface area (Å²) in [4.78, 5) is 10.3. The lowest BCUT2D eigenvalue weighted by atomic mass is 10.3. The van der Waals surface area contributed by atoms with Crippen molar-refractivity contribution < 1.29 is 19.7 Å². The van der Waals surface area contributed by atoms with Gasteiger partial charge in [-0.05, 0) is 31.2 Å². The van der Waals surface area contributed by atoms with Crippen LogP contribution in [-0.2, 0) is 4.79 Å². The van der Waals surface area contributed by atoms with Crippen molar-refractivity contribution in [3.8, 4) is 11.5 Å². The van der Waals surface area contributed by atoms with Crippen LogP contribution >= 0.6 is 0 Å². The first-order valence-electron chi connectivity index (χ1n) is 3.76. The van der Waals surface area contributed by atoms with Gasteiger partial charge >= 0.3 is 0 Å². The molecule has 1 N–H and O–H groups in total. The summed E-state index contributed by atoms with van der Waals surface area (Å²) in [5.41, 5.74) is 0. The Morgan fingerprint density at radius 3 is 2.46 bits per heavy atom. The third-order valence-corrected chi connectivity index (χ3v) is 1.48. The summed E-state index contributed by atoms with van der Waals surface area (Å²) in [6.07, 6.45) is -0.996. The van der Waals surface area contributed by atoms with E-state index < -0.39 is 12.1 Å². The van der Waals surface area contributed by atoms with Gasteiger partial charge in [-0.3, -0.25) is 0 Å².